The third-order valence-corrected chi connectivity index (χ3v) is 6.47. The molecule has 24 heavy (non-hydrogen) atoms. The molecule has 2 heterocycles. The lowest BCUT2D eigenvalue weighted by Crippen LogP contribution is -2.46. The molecule has 0 aromatic carbocycles. The van der Waals surface area contributed by atoms with Gasteiger partial charge in [-0.3, -0.25) is 14.1 Å². The van der Waals surface area contributed by atoms with Crippen molar-refractivity contribution in [3.8, 4) is 0 Å². The van der Waals surface area contributed by atoms with Gasteiger partial charge in [-0.05, 0) is 32.0 Å². The number of pyridine rings is 1. The fraction of sp³-hybridized carbons (Fsp3) is 0.529. The summed E-state index contributed by atoms with van der Waals surface area (Å²) in [7, 11) is -1.16. The molecule has 2 unspecified atom stereocenters. The van der Waals surface area contributed by atoms with Crippen LogP contribution in [0.4, 0.5) is 0 Å². The molecule has 0 N–H and O–H groups in total. The van der Waals surface area contributed by atoms with Crippen molar-refractivity contribution in [2.75, 3.05) is 13.3 Å². The summed E-state index contributed by atoms with van der Waals surface area (Å²) < 4.78 is 25.7. The van der Waals surface area contributed by atoms with E-state index in [2.05, 4.69) is 4.98 Å². The van der Waals surface area contributed by atoms with E-state index >= 15 is 0 Å². The molecule has 6 nitrogen and oxygen atoms in total. The van der Waals surface area contributed by atoms with Crippen LogP contribution in [0.3, 0.4) is 0 Å². The SMILES string of the molecule is CN(Cc1cc(=O)n2ccccc2n1)C1CCCCC1S(C)(=O)=O. The highest BCUT2D eigenvalue weighted by atomic mass is 32.2. The van der Waals surface area contributed by atoms with Gasteiger partial charge in [0, 0.05) is 31.1 Å². The third kappa shape index (κ3) is 3.52. The molecule has 1 saturated carbocycles. The topological polar surface area (TPSA) is 71.8 Å². The maximum absolute atomic E-state index is 12.2. The lowest BCUT2D eigenvalue weighted by molar-refractivity contribution is 0.185. The summed E-state index contributed by atoms with van der Waals surface area (Å²) in [5, 5.41) is -0.335. The van der Waals surface area contributed by atoms with Crippen LogP contribution in [0.5, 0.6) is 0 Å². The number of hydrogen-bond donors (Lipinski definition) is 0. The van der Waals surface area contributed by atoms with Crippen molar-refractivity contribution in [3.63, 3.8) is 0 Å². The summed E-state index contributed by atoms with van der Waals surface area (Å²) in [6, 6.07) is 6.94. The van der Waals surface area contributed by atoms with E-state index in [-0.39, 0.29) is 16.9 Å². The molecule has 3 rings (SSSR count). The van der Waals surface area contributed by atoms with E-state index < -0.39 is 9.84 Å². The molecule has 0 spiro atoms. The molecule has 0 amide bonds. The van der Waals surface area contributed by atoms with Crippen LogP contribution in [0.15, 0.2) is 35.3 Å². The van der Waals surface area contributed by atoms with Crippen molar-refractivity contribution < 1.29 is 8.42 Å². The minimum Gasteiger partial charge on any atom is -0.296 e. The van der Waals surface area contributed by atoms with E-state index in [1.807, 2.05) is 18.0 Å². The number of hydrogen-bond acceptors (Lipinski definition) is 5. The summed E-state index contributed by atoms with van der Waals surface area (Å²) in [6.07, 6.45) is 6.58. The first-order valence-electron chi connectivity index (χ1n) is 8.23. The Bertz CT molecular complexity index is 891. The Morgan fingerprint density at radius 3 is 2.79 bits per heavy atom. The predicted molar refractivity (Wildman–Crippen MR) is 93.8 cm³/mol. The fourth-order valence-electron chi connectivity index (χ4n) is 3.64. The number of sulfone groups is 1. The number of fused-ring (bicyclic) bond motifs is 1. The summed E-state index contributed by atoms with van der Waals surface area (Å²) in [4.78, 5) is 18.8. The number of aromatic nitrogens is 2. The Balaban J connectivity index is 1.86. The highest BCUT2D eigenvalue weighted by Gasteiger charge is 2.35. The summed E-state index contributed by atoms with van der Waals surface area (Å²) in [5.41, 5.74) is 1.16. The summed E-state index contributed by atoms with van der Waals surface area (Å²) >= 11 is 0. The molecule has 0 radical (unpaired) electrons. The maximum Gasteiger partial charge on any atom is 0.258 e. The first-order valence-corrected chi connectivity index (χ1v) is 10.2. The molecule has 0 bridgehead atoms. The zero-order valence-electron chi connectivity index (χ0n) is 14.1. The van der Waals surface area contributed by atoms with E-state index in [4.69, 9.17) is 0 Å². The summed E-state index contributed by atoms with van der Waals surface area (Å²) in [6.45, 7) is 0.470. The van der Waals surface area contributed by atoms with Gasteiger partial charge in [-0.1, -0.05) is 18.9 Å². The molecule has 2 atom stereocenters. The van der Waals surface area contributed by atoms with Crippen LogP contribution in [0.25, 0.3) is 5.65 Å². The smallest absolute Gasteiger partial charge is 0.258 e. The monoisotopic (exact) mass is 349 g/mol. The van der Waals surface area contributed by atoms with Crippen LogP contribution >= 0.6 is 0 Å². The lowest BCUT2D eigenvalue weighted by Gasteiger charge is -2.36. The minimum atomic E-state index is -3.08. The fourth-order valence-corrected chi connectivity index (χ4v) is 5.15. The quantitative estimate of drug-likeness (QED) is 0.836. The van der Waals surface area contributed by atoms with Crippen LogP contribution in [0, 0.1) is 0 Å². The van der Waals surface area contributed by atoms with Gasteiger partial charge in [-0.2, -0.15) is 0 Å². The zero-order chi connectivity index (χ0) is 17.3. The van der Waals surface area contributed by atoms with Gasteiger partial charge in [0.05, 0.1) is 10.9 Å². The average molecular weight is 349 g/mol. The number of rotatable bonds is 4. The van der Waals surface area contributed by atoms with E-state index in [1.54, 1.807) is 18.3 Å². The Morgan fingerprint density at radius 2 is 2.04 bits per heavy atom. The van der Waals surface area contributed by atoms with Gasteiger partial charge in [-0.15, -0.1) is 0 Å². The van der Waals surface area contributed by atoms with Crippen molar-refractivity contribution in [2.45, 2.75) is 43.5 Å². The first-order chi connectivity index (χ1) is 11.4. The van der Waals surface area contributed by atoms with Gasteiger partial charge < -0.3 is 0 Å². The Hall–Kier alpha value is -1.73. The van der Waals surface area contributed by atoms with Crippen LogP contribution in [0.2, 0.25) is 0 Å². The largest absolute Gasteiger partial charge is 0.296 e. The normalized spacial score (nSPS) is 22.1. The second-order valence-electron chi connectivity index (χ2n) is 6.65. The predicted octanol–water partition coefficient (Wildman–Crippen LogP) is 1.48. The van der Waals surface area contributed by atoms with Crippen molar-refractivity contribution >= 4 is 15.5 Å². The van der Waals surface area contributed by atoms with Crippen molar-refractivity contribution in [2.24, 2.45) is 0 Å². The first kappa shape index (κ1) is 17.1. The Labute approximate surface area is 142 Å². The van der Waals surface area contributed by atoms with E-state index in [0.29, 0.717) is 24.3 Å². The zero-order valence-corrected chi connectivity index (χ0v) is 14.9. The second kappa shape index (κ2) is 6.64. The Kier molecular flexibility index (Phi) is 4.73. The van der Waals surface area contributed by atoms with Crippen LogP contribution < -0.4 is 5.56 Å². The van der Waals surface area contributed by atoms with Crippen LogP contribution in [0.1, 0.15) is 31.4 Å². The standard InChI is InChI=1S/C17H23N3O3S/c1-19(14-7-3-4-8-15(14)24(2,22)23)12-13-11-17(21)20-10-6-5-9-16(20)18-13/h5-6,9-11,14-15H,3-4,7-8,12H2,1-2H3. The van der Waals surface area contributed by atoms with E-state index in [1.165, 1.54) is 16.7 Å². The molecule has 130 valence electrons. The van der Waals surface area contributed by atoms with Crippen LogP contribution in [-0.4, -0.2) is 47.3 Å². The molecule has 2 aromatic heterocycles. The molecular formula is C17H23N3O3S. The van der Waals surface area contributed by atoms with E-state index in [9.17, 15) is 13.2 Å². The minimum absolute atomic E-state index is 0.0234. The molecular weight excluding hydrogens is 326 g/mol. The average Bonchev–Trinajstić information content (AvgIpc) is 2.54. The molecule has 0 saturated heterocycles. The van der Waals surface area contributed by atoms with E-state index in [0.717, 1.165) is 19.3 Å². The Morgan fingerprint density at radius 1 is 1.29 bits per heavy atom. The van der Waals surface area contributed by atoms with Crippen LogP contribution in [-0.2, 0) is 16.4 Å². The van der Waals surface area contributed by atoms with Gasteiger partial charge in [0.25, 0.3) is 5.56 Å². The molecule has 7 heteroatoms. The second-order valence-corrected chi connectivity index (χ2v) is 8.91. The highest BCUT2D eigenvalue weighted by Crippen LogP contribution is 2.28. The van der Waals surface area contributed by atoms with Gasteiger partial charge in [0.2, 0.25) is 0 Å². The van der Waals surface area contributed by atoms with Gasteiger partial charge in [0.1, 0.15) is 5.65 Å². The molecule has 1 aliphatic rings. The van der Waals surface area contributed by atoms with Gasteiger partial charge in [-0.25, -0.2) is 13.4 Å². The van der Waals surface area contributed by atoms with Gasteiger partial charge in [0.15, 0.2) is 9.84 Å². The van der Waals surface area contributed by atoms with Gasteiger partial charge >= 0.3 is 0 Å². The maximum atomic E-state index is 12.2. The molecule has 0 aliphatic heterocycles. The van der Waals surface area contributed by atoms with Crippen molar-refractivity contribution in [3.05, 3.63) is 46.5 Å². The third-order valence-electron chi connectivity index (χ3n) is 4.82. The summed E-state index contributed by atoms with van der Waals surface area (Å²) in [5.74, 6) is 0. The van der Waals surface area contributed by atoms with Crippen molar-refractivity contribution in [1.82, 2.24) is 14.3 Å². The molecule has 1 fully saturated rings. The van der Waals surface area contributed by atoms with Crippen molar-refractivity contribution in [1.29, 1.82) is 0 Å². The molecule has 1 aliphatic carbocycles. The lowest BCUT2D eigenvalue weighted by atomic mass is 9.94. The highest BCUT2D eigenvalue weighted by molar-refractivity contribution is 7.91. The molecule has 2 aromatic rings. The number of nitrogens with zero attached hydrogens (tertiary/aromatic N) is 3.